The van der Waals surface area contributed by atoms with E-state index in [0.29, 0.717) is 18.3 Å². The van der Waals surface area contributed by atoms with Crippen molar-refractivity contribution in [2.45, 2.75) is 38.8 Å². The molecule has 1 unspecified atom stereocenters. The van der Waals surface area contributed by atoms with Gasteiger partial charge in [0.15, 0.2) is 0 Å². The molecular formula is C15H19N3O2. The third-order valence-electron chi connectivity index (χ3n) is 3.55. The van der Waals surface area contributed by atoms with Crippen molar-refractivity contribution in [3.05, 3.63) is 41.5 Å². The van der Waals surface area contributed by atoms with Gasteiger partial charge in [0.05, 0.1) is 0 Å². The molecule has 1 aliphatic heterocycles. The van der Waals surface area contributed by atoms with Crippen LogP contribution in [0.3, 0.4) is 0 Å². The number of para-hydroxylation sites is 1. The number of nitrogens with one attached hydrogen (secondary N) is 1. The number of nitrogens with zero attached hydrogens (tertiary/aromatic N) is 2. The van der Waals surface area contributed by atoms with Gasteiger partial charge in [-0.1, -0.05) is 30.3 Å². The molecule has 2 heterocycles. The molecule has 2 atom stereocenters. The molecule has 20 heavy (non-hydrogen) atoms. The van der Waals surface area contributed by atoms with Crippen molar-refractivity contribution in [1.82, 2.24) is 10.1 Å². The highest BCUT2D eigenvalue weighted by atomic mass is 16.5. The molecule has 0 saturated carbocycles. The molecule has 0 fully saturated rings. The van der Waals surface area contributed by atoms with Gasteiger partial charge in [-0.05, 0) is 25.0 Å². The van der Waals surface area contributed by atoms with E-state index in [1.54, 1.807) is 0 Å². The van der Waals surface area contributed by atoms with E-state index in [-0.39, 0.29) is 12.1 Å². The van der Waals surface area contributed by atoms with Gasteiger partial charge < -0.3 is 14.6 Å². The second kappa shape index (κ2) is 5.63. The molecule has 3 rings (SSSR count). The van der Waals surface area contributed by atoms with Crippen LogP contribution in [0.2, 0.25) is 0 Å². The van der Waals surface area contributed by atoms with E-state index in [0.717, 1.165) is 18.5 Å². The Kier molecular flexibility index (Phi) is 3.69. The summed E-state index contributed by atoms with van der Waals surface area (Å²) >= 11 is 0. The number of fused-ring (bicyclic) bond motifs is 1. The average Bonchev–Trinajstić information content (AvgIpc) is 3.10. The van der Waals surface area contributed by atoms with Crippen molar-refractivity contribution in [2.24, 2.45) is 0 Å². The van der Waals surface area contributed by atoms with Gasteiger partial charge >= 0.3 is 0 Å². The standard InChI is InChI=1S/C15H19N3O2/c1-3-13(19-4-2)14-17-15(20-18-14)12-9-10-7-5-6-8-11(10)16-12/h5-8,12-13,16H,3-4,9H2,1-2H3/t12-,13?/m0/s1. The second-order valence-electron chi connectivity index (χ2n) is 4.90. The first-order valence-electron chi connectivity index (χ1n) is 7.11. The van der Waals surface area contributed by atoms with Gasteiger partial charge in [-0.25, -0.2) is 0 Å². The Morgan fingerprint density at radius 1 is 1.40 bits per heavy atom. The molecule has 1 N–H and O–H groups in total. The molecule has 0 radical (unpaired) electrons. The molecule has 5 heteroatoms. The van der Waals surface area contributed by atoms with Crippen LogP contribution >= 0.6 is 0 Å². The van der Waals surface area contributed by atoms with Crippen LogP contribution in [-0.2, 0) is 11.2 Å². The monoisotopic (exact) mass is 273 g/mol. The highest BCUT2D eigenvalue weighted by Gasteiger charge is 2.27. The number of hydrogen-bond acceptors (Lipinski definition) is 5. The summed E-state index contributed by atoms with van der Waals surface area (Å²) in [7, 11) is 0. The Balaban J connectivity index is 1.75. The lowest BCUT2D eigenvalue weighted by molar-refractivity contribution is 0.0518. The Morgan fingerprint density at radius 3 is 3.00 bits per heavy atom. The summed E-state index contributed by atoms with van der Waals surface area (Å²) < 4.78 is 11.0. The lowest BCUT2D eigenvalue weighted by atomic mass is 10.1. The van der Waals surface area contributed by atoms with Gasteiger partial charge in [0.25, 0.3) is 0 Å². The van der Waals surface area contributed by atoms with Crippen molar-refractivity contribution >= 4 is 5.69 Å². The van der Waals surface area contributed by atoms with Crippen LogP contribution in [0.25, 0.3) is 0 Å². The van der Waals surface area contributed by atoms with Gasteiger partial charge in [-0.2, -0.15) is 4.98 Å². The van der Waals surface area contributed by atoms with E-state index >= 15 is 0 Å². The molecular weight excluding hydrogens is 254 g/mol. The van der Waals surface area contributed by atoms with E-state index in [2.05, 4.69) is 34.5 Å². The smallest absolute Gasteiger partial charge is 0.249 e. The van der Waals surface area contributed by atoms with E-state index in [4.69, 9.17) is 9.26 Å². The lowest BCUT2D eigenvalue weighted by Crippen LogP contribution is -2.08. The van der Waals surface area contributed by atoms with Crippen LogP contribution in [0.15, 0.2) is 28.8 Å². The summed E-state index contributed by atoms with van der Waals surface area (Å²) in [5.41, 5.74) is 2.43. The van der Waals surface area contributed by atoms with Crippen LogP contribution in [0.1, 0.15) is 49.7 Å². The van der Waals surface area contributed by atoms with Gasteiger partial charge in [0, 0.05) is 18.7 Å². The number of benzene rings is 1. The summed E-state index contributed by atoms with van der Waals surface area (Å²) in [6, 6.07) is 8.32. The zero-order valence-electron chi connectivity index (χ0n) is 11.8. The predicted molar refractivity (Wildman–Crippen MR) is 75.5 cm³/mol. The number of aromatic nitrogens is 2. The normalized spacial score (nSPS) is 18.6. The van der Waals surface area contributed by atoms with Crippen LogP contribution in [-0.4, -0.2) is 16.7 Å². The molecule has 0 bridgehead atoms. The van der Waals surface area contributed by atoms with Crippen molar-refractivity contribution in [3.8, 4) is 0 Å². The van der Waals surface area contributed by atoms with Gasteiger partial charge in [0.2, 0.25) is 11.7 Å². The molecule has 0 saturated heterocycles. The fourth-order valence-electron chi connectivity index (χ4n) is 2.54. The first-order valence-corrected chi connectivity index (χ1v) is 7.11. The number of hydrogen-bond donors (Lipinski definition) is 1. The molecule has 0 spiro atoms. The molecule has 106 valence electrons. The molecule has 5 nitrogen and oxygen atoms in total. The molecule has 0 aliphatic carbocycles. The number of rotatable bonds is 5. The van der Waals surface area contributed by atoms with E-state index in [9.17, 15) is 0 Å². The van der Waals surface area contributed by atoms with Crippen molar-refractivity contribution in [1.29, 1.82) is 0 Å². The number of anilines is 1. The van der Waals surface area contributed by atoms with Crippen LogP contribution in [0.4, 0.5) is 5.69 Å². The van der Waals surface area contributed by atoms with Crippen molar-refractivity contribution in [2.75, 3.05) is 11.9 Å². The molecule has 2 aromatic rings. The Labute approximate surface area is 118 Å². The highest BCUT2D eigenvalue weighted by Crippen LogP contribution is 2.33. The first-order chi connectivity index (χ1) is 9.81. The zero-order chi connectivity index (χ0) is 13.9. The fourth-order valence-corrected chi connectivity index (χ4v) is 2.54. The van der Waals surface area contributed by atoms with Crippen molar-refractivity contribution in [3.63, 3.8) is 0 Å². The number of ether oxygens (including phenoxy) is 1. The predicted octanol–water partition coefficient (Wildman–Crippen LogP) is 3.27. The van der Waals surface area contributed by atoms with Gasteiger partial charge in [-0.15, -0.1) is 0 Å². The molecule has 1 aromatic carbocycles. The quantitative estimate of drug-likeness (QED) is 0.906. The topological polar surface area (TPSA) is 60.2 Å². The maximum Gasteiger partial charge on any atom is 0.249 e. The van der Waals surface area contributed by atoms with E-state index in [1.807, 2.05) is 19.1 Å². The molecule has 0 amide bonds. The fraction of sp³-hybridized carbons (Fsp3) is 0.467. The second-order valence-corrected chi connectivity index (χ2v) is 4.90. The van der Waals surface area contributed by atoms with Crippen LogP contribution in [0, 0.1) is 0 Å². The third kappa shape index (κ3) is 2.41. The van der Waals surface area contributed by atoms with E-state index < -0.39 is 0 Å². The maximum atomic E-state index is 5.61. The molecule has 1 aliphatic rings. The Morgan fingerprint density at radius 2 is 2.25 bits per heavy atom. The van der Waals surface area contributed by atoms with Crippen LogP contribution < -0.4 is 5.32 Å². The van der Waals surface area contributed by atoms with E-state index in [1.165, 1.54) is 5.56 Å². The minimum absolute atomic E-state index is 0.0628. The summed E-state index contributed by atoms with van der Waals surface area (Å²) in [5, 5.41) is 7.48. The van der Waals surface area contributed by atoms with Gasteiger partial charge in [0.1, 0.15) is 12.1 Å². The molecule has 1 aromatic heterocycles. The zero-order valence-corrected chi connectivity index (χ0v) is 11.8. The van der Waals surface area contributed by atoms with Gasteiger partial charge in [-0.3, -0.25) is 0 Å². The maximum absolute atomic E-state index is 5.61. The van der Waals surface area contributed by atoms with Crippen LogP contribution in [0.5, 0.6) is 0 Å². The largest absolute Gasteiger partial charge is 0.373 e. The lowest BCUT2D eigenvalue weighted by Gasteiger charge is -2.09. The van der Waals surface area contributed by atoms with Crippen molar-refractivity contribution < 1.29 is 9.26 Å². The minimum atomic E-state index is -0.0821. The third-order valence-corrected chi connectivity index (χ3v) is 3.55. The summed E-state index contributed by atoms with van der Waals surface area (Å²) in [5.74, 6) is 1.27. The highest BCUT2D eigenvalue weighted by molar-refractivity contribution is 5.56. The SMILES string of the molecule is CCOC(CC)c1noc([C@@H]2Cc3ccccc3N2)n1. The Hall–Kier alpha value is -1.88. The summed E-state index contributed by atoms with van der Waals surface area (Å²) in [6.07, 6.45) is 1.63. The first kappa shape index (κ1) is 13.1. The summed E-state index contributed by atoms with van der Waals surface area (Å²) in [6.45, 7) is 4.67. The summed E-state index contributed by atoms with van der Waals surface area (Å²) in [4.78, 5) is 4.50. The minimum Gasteiger partial charge on any atom is -0.373 e. The average molecular weight is 273 g/mol. The Bertz CT molecular complexity index is 557.